The van der Waals surface area contributed by atoms with Crippen LogP contribution in [0.15, 0.2) is 47.1 Å². The van der Waals surface area contributed by atoms with Crippen molar-refractivity contribution in [2.75, 3.05) is 0 Å². The zero-order valence-electron chi connectivity index (χ0n) is 12.2. The number of nitrogens with zero attached hydrogens (tertiary/aromatic N) is 2. The number of carbonyl (C=O) groups is 1. The maximum Gasteiger partial charge on any atom is 0.239 e. The number of halogens is 2. The summed E-state index contributed by atoms with van der Waals surface area (Å²) >= 11 is 3.22. The third-order valence-corrected chi connectivity index (χ3v) is 3.65. The molecule has 6 heteroatoms. The molecule has 1 atom stereocenters. The van der Waals surface area contributed by atoms with Crippen LogP contribution in [0.3, 0.4) is 0 Å². The molecule has 2 aromatic rings. The molecule has 0 spiro atoms. The number of nitrogens with two attached hydrogens (primary N) is 1. The number of benzene rings is 1. The topological polar surface area (TPSA) is 59.2 Å². The number of hydrogen-bond acceptors (Lipinski definition) is 3. The molecular weight excluding hydrogens is 349 g/mol. The molecule has 0 aliphatic carbocycles. The first-order chi connectivity index (χ1) is 10.5. The van der Waals surface area contributed by atoms with E-state index in [-0.39, 0.29) is 24.8 Å². The molecule has 0 radical (unpaired) electrons. The van der Waals surface area contributed by atoms with Gasteiger partial charge in [-0.3, -0.25) is 9.78 Å². The highest BCUT2D eigenvalue weighted by Gasteiger charge is 2.20. The van der Waals surface area contributed by atoms with Gasteiger partial charge in [0.15, 0.2) is 0 Å². The van der Waals surface area contributed by atoms with Crippen LogP contribution in [0, 0.1) is 5.82 Å². The van der Waals surface area contributed by atoms with Crippen molar-refractivity contribution in [3.05, 3.63) is 64.1 Å². The molecule has 116 valence electrons. The summed E-state index contributed by atoms with van der Waals surface area (Å²) < 4.78 is 14.7. The lowest BCUT2D eigenvalue weighted by Crippen LogP contribution is -2.41. The van der Waals surface area contributed by atoms with Gasteiger partial charge in [0.05, 0.1) is 18.3 Å². The van der Waals surface area contributed by atoms with Crippen molar-refractivity contribution in [2.24, 2.45) is 5.73 Å². The molecular formula is C16H17BrFN3O. The number of pyridine rings is 1. The normalized spacial score (nSPS) is 12.0. The molecule has 1 aromatic carbocycles. The van der Waals surface area contributed by atoms with E-state index in [1.54, 1.807) is 31.3 Å². The Morgan fingerprint density at radius 1 is 1.36 bits per heavy atom. The molecule has 0 fully saturated rings. The van der Waals surface area contributed by atoms with E-state index in [0.29, 0.717) is 10.0 Å². The average Bonchev–Trinajstić information content (AvgIpc) is 2.49. The minimum atomic E-state index is -0.651. The van der Waals surface area contributed by atoms with Crippen molar-refractivity contribution >= 4 is 21.8 Å². The Hall–Kier alpha value is -1.79. The summed E-state index contributed by atoms with van der Waals surface area (Å²) in [7, 11) is 0. The molecule has 2 N–H and O–H groups in total. The van der Waals surface area contributed by atoms with Crippen LogP contribution in [-0.2, 0) is 17.9 Å². The highest BCUT2D eigenvalue weighted by atomic mass is 79.9. The minimum Gasteiger partial charge on any atom is -0.331 e. The number of aromatic nitrogens is 1. The quantitative estimate of drug-likeness (QED) is 0.885. The highest BCUT2D eigenvalue weighted by molar-refractivity contribution is 9.10. The third-order valence-electron chi connectivity index (χ3n) is 3.16. The second-order valence-electron chi connectivity index (χ2n) is 5.04. The van der Waals surface area contributed by atoms with Crippen LogP contribution in [0.5, 0.6) is 0 Å². The van der Waals surface area contributed by atoms with Gasteiger partial charge in [-0.1, -0.05) is 28.1 Å². The van der Waals surface area contributed by atoms with Gasteiger partial charge in [0.25, 0.3) is 0 Å². The first-order valence-corrected chi connectivity index (χ1v) is 7.65. The zero-order valence-corrected chi connectivity index (χ0v) is 13.8. The highest BCUT2D eigenvalue weighted by Crippen LogP contribution is 2.18. The average molecular weight is 366 g/mol. The second kappa shape index (κ2) is 7.47. The molecule has 1 amide bonds. The molecule has 22 heavy (non-hydrogen) atoms. The van der Waals surface area contributed by atoms with Crippen LogP contribution in [0.4, 0.5) is 4.39 Å². The zero-order chi connectivity index (χ0) is 16.1. The van der Waals surface area contributed by atoms with Crippen LogP contribution in [-0.4, -0.2) is 21.8 Å². The van der Waals surface area contributed by atoms with Gasteiger partial charge in [-0.2, -0.15) is 0 Å². The minimum absolute atomic E-state index is 0.149. The summed E-state index contributed by atoms with van der Waals surface area (Å²) in [5.74, 6) is -0.606. The lowest BCUT2D eigenvalue weighted by molar-refractivity contribution is -0.133. The maximum absolute atomic E-state index is 14.0. The van der Waals surface area contributed by atoms with Gasteiger partial charge < -0.3 is 10.6 Å². The van der Waals surface area contributed by atoms with E-state index in [1.165, 1.54) is 11.0 Å². The van der Waals surface area contributed by atoms with Crippen LogP contribution in [0.1, 0.15) is 18.2 Å². The molecule has 0 saturated carbocycles. The summed E-state index contributed by atoms with van der Waals surface area (Å²) in [6.45, 7) is 2.05. The molecule has 1 unspecified atom stereocenters. The predicted molar refractivity (Wildman–Crippen MR) is 86.2 cm³/mol. The standard InChI is InChI=1S/C16H17BrFN3O/c1-11(19)16(22)21(10-14-4-2-3-7-20-14)9-12-5-6-13(17)8-15(12)18/h2-8,11H,9-10,19H2,1H3. The van der Waals surface area contributed by atoms with Crippen molar-refractivity contribution < 1.29 is 9.18 Å². The molecule has 1 heterocycles. The van der Waals surface area contributed by atoms with Crippen molar-refractivity contribution in [2.45, 2.75) is 26.1 Å². The van der Waals surface area contributed by atoms with E-state index in [2.05, 4.69) is 20.9 Å². The van der Waals surface area contributed by atoms with Gasteiger partial charge in [-0.05, 0) is 31.2 Å². The van der Waals surface area contributed by atoms with Crippen LogP contribution < -0.4 is 5.73 Å². The summed E-state index contributed by atoms with van der Waals surface area (Å²) in [4.78, 5) is 18.0. The largest absolute Gasteiger partial charge is 0.331 e. The summed E-state index contributed by atoms with van der Waals surface area (Å²) in [6.07, 6.45) is 1.66. The van der Waals surface area contributed by atoms with Crippen molar-refractivity contribution in [1.29, 1.82) is 0 Å². The molecule has 2 rings (SSSR count). The van der Waals surface area contributed by atoms with E-state index in [4.69, 9.17) is 5.73 Å². The molecule has 1 aromatic heterocycles. The lowest BCUT2D eigenvalue weighted by atomic mass is 10.1. The van der Waals surface area contributed by atoms with Crippen molar-refractivity contribution in [1.82, 2.24) is 9.88 Å². The van der Waals surface area contributed by atoms with Gasteiger partial charge >= 0.3 is 0 Å². The lowest BCUT2D eigenvalue weighted by Gasteiger charge is -2.24. The number of amides is 1. The summed E-state index contributed by atoms with van der Waals surface area (Å²) in [5, 5.41) is 0. The third kappa shape index (κ3) is 4.35. The number of carbonyl (C=O) groups excluding carboxylic acids is 1. The Kier molecular flexibility index (Phi) is 5.63. The van der Waals surface area contributed by atoms with E-state index in [0.717, 1.165) is 5.69 Å². The van der Waals surface area contributed by atoms with Gasteiger partial charge in [-0.25, -0.2) is 4.39 Å². The first-order valence-electron chi connectivity index (χ1n) is 6.85. The Morgan fingerprint density at radius 3 is 2.73 bits per heavy atom. The van der Waals surface area contributed by atoms with Crippen molar-refractivity contribution in [3.63, 3.8) is 0 Å². The first kappa shape index (κ1) is 16.6. The predicted octanol–water partition coefficient (Wildman–Crippen LogP) is 2.86. The van der Waals surface area contributed by atoms with E-state index in [1.807, 2.05) is 12.1 Å². The second-order valence-corrected chi connectivity index (χ2v) is 5.96. The van der Waals surface area contributed by atoms with Gasteiger partial charge in [0, 0.05) is 22.8 Å². The molecule has 0 aliphatic rings. The van der Waals surface area contributed by atoms with E-state index < -0.39 is 6.04 Å². The molecule has 0 aliphatic heterocycles. The smallest absolute Gasteiger partial charge is 0.239 e. The van der Waals surface area contributed by atoms with E-state index in [9.17, 15) is 9.18 Å². The fourth-order valence-electron chi connectivity index (χ4n) is 2.04. The Labute approximate surface area is 137 Å². The molecule has 4 nitrogen and oxygen atoms in total. The Morgan fingerprint density at radius 2 is 2.14 bits per heavy atom. The molecule has 0 saturated heterocycles. The van der Waals surface area contributed by atoms with Gasteiger partial charge in [0.1, 0.15) is 5.82 Å². The monoisotopic (exact) mass is 365 g/mol. The summed E-state index contributed by atoms with van der Waals surface area (Å²) in [6, 6.07) is 9.59. The SMILES string of the molecule is CC(N)C(=O)N(Cc1ccccn1)Cc1ccc(Br)cc1F. The fraction of sp³-hybridized carbons (Fsp3) is 0.250. The van der Waals surface area contributed by atoms with Crippen LogP contribution >= 0.6 is 15.9 Å². The molecule has 0 bridgehead atoms. The van der Waals surface area contributed by atoms with Crippen LogP contribution in [0.25, 0.3) is 0 Å². The fourth-order valence-corrected chi connectivity index (χ4v) is 2.38. The maximum atomic E-state index is 14.0. The summed E-state index contributed by atoms with van der Waals surface area (Å²) in [5.41, 5.74) is 6.86. The van der Waals surface area contributed by atoms with Gasteiger partial charge in [0.2, 0.25) is 5.91 Å². The number of rotatable bonds is 5. The Balaban J connectivity index is 2.22. The van der Waals surface area contributed by atoms with Gasteiger partial charge in [-0.15, -0.1) is 0 Å². The number of hydrogen-bond donors (Lipinski definition) is 1. The van der Waals surface area contributed by atoms with E-state index >= 15 is 0 Å². The van der Waals surface area contributed by atoms with Crippen LogP contribution in [0.2, 0.25) is 0 Å². The Bertz CT molecular complexity index is 649. The van der Waals surface area contributed by atoms with Crippen molar-refractivity contribution in [3.8, 4) is 0 Å².